The summed E-state index contributed by atoms with van der Waals surface area (Å²) in [4.78, 5) is 7.17. The smallest absolute Gasteiger partial charge is 0.131 e. The lowest BCUT2D eigenvalue weighted by atomic mass is 10.0. The van der Waals surface area contributed by atoms with Crippen LogP contribution < -0.4 is 10.6 Å². The second-order valence-electron chi connectivity index (χ2n) is 5.88. The van der Waals surface area contributed by atoms with Crippen molar-refractivity contribution in [1.82, 2.24) is 4.98 Å². The summed E-state index contributed by atoms with van der Waals surface area (Å²) in [5, 5.41) is 0. The Bertz CT molecular complexity index is 418. The molecule has 0 aromatic carbocycles. The number of hydrogen-bond donors (Lipinski definition) is 1. The Morgan fingerprint density at radius 2 is 2.06 bits per heavy atom. The lowest BCUT2D eigenvalue weighted by Crippen LogP contribution is -2.23. The first kappa shape index (κ1) is 12.0. The third-order valence-corrected chi connectivity index (χ3v) is 4.57. The molecule has 1 aliphatic heterocycles. The van der Waals surface area contributed by atoms with E-state index in [1.807, 2.05) is 6.20 Å². The SMILES string of the molecule is Cc1cc(CCN)cnc1N1CC2CCCC2C1. The normalized spacial score (nSPS) is 26.7. The first-order valence-corrected chi connectivity index (χ1v) is 7.18. The predicted octanol–water partition coefficient (Wildman–Crippen LogP) is 2.13. The lowest BCUT2D eigenvalue weighted by Gasteiger charge is -2.20. The van der Waals surface area contributed by atoms with Crippen LogP contribution in [0.15, 0.2) is 12.3 Å². The minimum Gasteiger partial charge on any atom is -0.356 e. The molecule has 2 aliphatic rings. The molecule has 2 atom stereocenters. The van der Waals surface area contributed by atoms with Gasteiger partial charge in [0.05, 0.1) is 0 Å². The molecular weight excluding hydrogens is 222 g/mol. The maximum Gasteiger partial charge on any atom is 0.131 e. The van der Waals surface area contributed by atoms with Crippen LogP contribution in [0.1, 0.15) is 30.4 Å². The summed E-state index contributed by atoms with van der Waals surface area (Å²) in [7, 11) is 0. The Balaban J connectivity index is 1.76. The van der Waals surface area contributed by atoms with E-state index >= 15 is 0 Å². The molecule has 18 heavy (non-hydrogen) atoms. The molecule has 0 bridgehead atoms. The standard InChI is InChI=1S/C15H23N3/c1-11-7-12(5-6-16)8-17-15(11)18-9-13-3-2-4-14(13)10-18/h7-8,13-14H,2-6,9-10,16H2,1H3. The zero-order valence-electron chi connectivity index (χ0n) is 11.2. The molecule has 2 heterocycles. The summed E-state index contributed by atoms with van der Waals surface area (Å²) in [6, 6.07) is 2.25. The van der Waals surface area contributed by atoms with Crippen LogP contribution in [-0.2, 0) is 6.42 Å². The van der Waals surface area contributed by atoms with E-state index in [9.17, 15) is 0 Å². The fraction of sp³-hybridized carbons (Fsp3) is 0.667. The topological polar surface area (TPSA) is 42.1 Å². The van der Waals surface area contributed by atoms with E-state index in [-0.39, 0.29) is 0 Å². The average Bonchev–Trinajstić information content (AvgIpc) is 2.89. The molecule has 0 spiro atoms. The van der Waals surface area contributed by atoms with E-state index in [1.165, 1.54) is 49.3 Å². The van der Waals surface area contributed by atoms with E-state index in [0.29, 0.717) is 6.54 Å². The Morgan fingerprint density at radius 1 is 1.33 bits per heavy atom. The minimum absolute atomic E-state index is 0.703. The number of rotatable bonds is 3. The van der Waals surface area contributed by atoms with Crippen LogP contribution >= 0.6 is 0 Å². The first-order chi connectivity index (χ1) is 8.78. The lowest BCUT2D eigenvalue weighted by molar-refractivity contribution is 0.494. The molecule has 3 rings (SSSR count). The number of anilines is 1. The van der Waals surface area contributed by atoms with Gasteiger partial charge in [0.1, 0.15) is 5.82 Å². The van der Waals surface area contributed by atoms with Gasteiger partial charge in [-0.3, -0.25) is 0 Å². The summed E-state index contributed by atoms with van der Waals surface area (Å²) in [5.41, 5.74) is 8.16. The molecule has 0 radical (unpaired) electrons. The van der Waals surface area contributed by atoms with Gasteiger partial charge in [0.25, 0.3) is 0 Å². The zero-order valence-corrected chi connectivity index (χ0v) is 11.2. The van der Waals surface area contributed by atoms with Gasteiger partial charge in [0.2, 0.25) is 0 Å². The van der Waals surface area contributed by atoms with Crippen LogP contribution in [0.2, 0.25) is 0 Å². The summed E-state index contributed by atoms with van der Waals surface area (Å²) in [6.07, 6.45) is 7.21. The summed E-state index contributed by atoms with van der Waals surface area (Å²) < 4.78 is 0. The Labute approximate surface area is 109 Å². The van der Waals surface area contributed by atoms with Gasteiger partial charge in [0, 0.05) is 19.3 Å². The van der Waals surface area contributed by atoms with E-state index in [0.717, 1.165) is 18.3 Å². The van der Waals surface area contributed by atoms with Crippen LogP contribution in [0.3, 0.4) is 0 Å². The van der Waals surface area contributed by atoms with Crippen molar-refractivity contribution in [3.63, 3.8) is 0 Å². The van der Waals surface area contributed by atoms with Gasteiger partial charge in [-0.25, -0.2) is 4.98 Å². The summed E-state index contributed by atoms with van der Waals surface area (Å²) in [6.45, 7) is 5.31. The van der Waals surface area contributed by atoms with Crippen molar-refractivity contribution in [2.24, 2.45) is 17.6 Å². The maximum absolute atomic E-state index is 5.59. The van der Waals surface area contributed by atoms with Crippen LogP contribution in [0, 0.1) is 18.8 Å². The monoisotopic (exact) mass is 245 g/mol. The van der Waals surface area contributed by atoms with E-state index < -0.39 is 0 Å². The number of hydrogen-bond acceptors (Lipinski definition) is 3. The predicted molar refractivity (Wildman–Crippen MR) is 74.8 cm³/mol. The number of aryl methyl sites for hydroxylation is 1. The number of pyridine rings is 1. The van der Waals surface area contributed by atoms with Gasteiger partial charge in [0.15, 0.2) is 0 Å². The van der Waals surface area contributed by atoms with E-state index in [2.05, 4.69) is 22.9 Å². The number of aromatic nitrogens is 1. The summed E-state index contributed by atoms with van der Waals surface area (Å²) >= 11 is 0. The Hall–Kier alpha value is -1.09. The van der Waals surface area contributed by atoms with Crippen molar-refractivity contribution in [2.75, 3.05) is 24.5 Å². The number of nitrogens with zero attached hydrogens (tertiary/aromatic N) is 2. The van der Waals surface area contributed by atoms with Crippen molar-refractivity contribution in [3.8, 4) is 0 Å². The van der Waals surface area contributed by atoms with Gasteiger partial charge in [-0.1, -0.05) is 12.5 Å². The van der Waals surface area contributed by atoms with Crippen molar-refractivity contribution < 1.29 is 0 Å². The highest BCUT2D eigenvalue weighted by molar-refractivity contribution is 5.48. The van der Waals surface area contributed by atoms with Crippen LogP contribution in [0.5, 0.6) is 0 Å². The van der Waals surface area contributed by atoms with Crippen molar-refractivity contribution in [2.45, 2.75) is 32.6 Å². The van der Waals surface area contributed by atoms with Crippen molar-refractivity contribution in [3.05, 3.63) is 23.4 Å². The average molecular weight is 245 g/mol. The van der Waals surface area contributed by atoms with E-state index in [4.69, 9.17) is 5.73 Å². The summed E-state index contributed by atoms with van der Waals surface area (Å²) in [5.74, 6) is 3.05. The molecule has 2 unspecified atom stereocenters. The molecule has 1 saturated heterocycles. The second kappa shape index (κ2) is 4.88. The molecule has 1 aliphatic carbocycles. The molecule has 3 heteroatoms. The second-order valence-corrected chi connectivity index (χ2v) is 5.88. The first-order valence-electron chi connectivity index (χ1n) is 7.18. The number of nitrogens with two attached hydrogens (primary N) is 1. The fourth-order valence-electron chi connectivity index (χ4n) is 3.67. The van der Waals surface area contributed by atoms with Gasteiger partial charge in [-0.05, 0) is 55.7 Å². The third-order valence-electron chi connectivity index (χ3n) is 4.57. The minimum atomic E-state index is 0.703. The van der Waals surface area contributed by atoms with Crippen molar-refractivity contribution in [1.29, 1.82) is 0 Å². The highest BCUT2D eigenvalue weighted by atomic mass is 15.2. The van der Waals surface area contributed by atoms with Gasteiger partial charge < -0.3 is 10.6 Å². The largest absolute Gasteiger partial charge is 0.356 e. The molecular formula is C15H23N3. The Kier molecular flexibility index (Phi) is 3.25. The van der Waals surface area contributed by atoms with Crippen molar-refractivity contribution >= 4 is 5.82 Å². The molecule has 3 nitrogen and oxygen atoms in total. The number of fused-ring (bicyclic) bond motifs is 1. The maximum atomic E-state index is 5.59. The van der Waals surface area contributed by atoms with Gasteiger partial charge >= 0.3 is 0 Å². The van der Waals surface area contributed by atoms with E-state index in [1.54, 1.807) is 0 Å². The third kappa shape index (κ3) is 2.12. The van der Waals surface area contributed by atoms with Crippen LogP contribution in [0.4, 0.5) is 5.82 Å². The van der Waals surface area contributed by atoms with Gasteiger partial charge in [-0.15, -0.1) is 0 Å². The molecule has 1 aromatic rings. The van der Waals surface area contributed by atoms with Crippen LogP contribution in [-0.4, -0.2) is 24.6 Å². The highest BCUT2D eigenvalue weighted by Crippen LogP contribution is 2.39. The molecule has 1 aromatic heterocycles. The molecule has 2 N–H and O–H groups in total. The molecule has 1 saturated carbocycles. The van der Waals surface area contributed by atoms with Gasteiger partial charge in [-0.2, -0.15) is 0 Å². The Morgan fingerprint density at radius 3 is 2.67 bits per heavy atom. The molecule has 2 fully saturated rings. The quantitative estimate of drug-likeness (QED) is 0.887. The zero-order chi connectivity index (χ0) is 12.5. The van der Waals surface area contributed by atoms with Crippen LogP contribution in [0.25, 0.3) is 0 Å². The fourth-order valence-corrected chi connectivity index (χ4v) is 3.67. The highest BCUT2D eigenvalue weighted by Gasteiger charge is 2.36. The molecule has 98 valence electrons. The molecule has 0 amide bonds.